The first kappa shape index (κ1) is 16.2. The van der Waals surface area contributed by atoms with Crippen molar-refractivity contribution >= 4 is 16.2 Å². The Balaban J connectivity index is 1.93. The zero-order chi connectivity index (χ0) is 16.4. The molecule has 1 saturated heterocycles. The highest BCUT2D eigenvalue weighted by Gasteiger charge is 2.33. The molecule has 3 heterocycles. The van der Waals surface area contributed by atoms with Crippen molar-refractivity contribution in [3.05, 3.63) is 29.8 Å². The van der Waals surface area contributed by atoms with Crippen molar-refractivity contribution in [2.75, 3.05) is 6.54 Å². The molecule has 0 aromatic heterocycles. The third-order valence-electron chi connectivity index (χ3n) is 4.19. The second-order valence-corrected chi connectivity index (χ2v) is 7.42. The number of hydrogen-bond donors (Lipinski definition) is 1. The van der Waals surface area contributed by atoms with Gasteiger partial charge in [-0.1, -0.05) is 18.6 Å². The highest BCUT2D eigenvalue weighted by molar-refractivity contribution is 7.86. The van der Waals surface area contributed by atoms with E-state index in [0.29, 0.717) is 12.1 Å². The molecule has 0 aliphatic carbocycles. The first-order valence-corrected chi connectivity index (χ1v) is 9.09. The van der Waals surface area contributed by atoms with Gasteiger partial charge < -0.3 is 4.74 Å². The van der Waals surface area contributed by atoms with Gasteiger partial charge >= 0.3 is 6.09 Å². The van der Waals surface area contributed by atoms with Crippen LogP contribution in [0.2, 0.25) is 0 Å². The first-order chi connectivity index (χ1) is 11.0. The molecular formula is C15H20N2O5S. The average molecular weight is 340 g/mol. The second-order valence-electron chi connectivity index (χ2n) is 5.84. The number of carbonyl (C=O) groups excluding carboxylic acids is 1. The average Bonchev–Trinajstić information content (AvgIpc) is 2.53. The molecule has 1 fully saturated rings. The molecule has 3 aliphatic rings. The van der Waals surface area contributed by atoms with Gasteiger partial charge in [0.2, 0.25) is 0 Å². The van der Waals surface area contributed by atoms with Crippen molar-refractivity contribution in [2.24, 2.45) is 0 Å². The summed E-state index contributed by atoms with van der Waals surface area (Å²) in [4.78, 5) is 12.1. The minimum atomic E-state index is -3.84. The zero-order valence-corrected chi connectivity index (χ0v) is 13.7. The van der Waals surface area contributed by atoms with E-state index in [-0.39, 0.29) is 17.5 Å². The predicted molar refractivity (Wildman–Crippen MR) is 81.8 cm³/mol. The van der Waals surface area contributed by atoms with Gasteiger partial charge in [-0.25, -0.2) is 9.80 Å². The van der Waals surface area contributed by atoms with Gasteiger partial charge in [-0.15, -0.1) is 0 Å². The second kappa shape index (κ2) is 6.46. The van der Waals surface area contributed by atoms with Crippen LogP contribution < -0.4 is 5.43 Å². The highest BCUT2D eigenvalue weighted by Crippen LogP contribution is 2.24. The van der Waals surface area contributed by atoms with Crippen LogP contribution in [0, 0.1) is 0 Å². The summed E-state index contributed by atoms with van der Waals surface area (Å²) in [5.41, 5.74) is 3.41. The van der Waals surface area contributed by atoms with E-state index in [0.717, 1.165) is 19.3 Å². The Morgan fingerprint density at radius 1 is 1.22 bits per heavy atom. The molecule has 126 valence electrons. The molecule has 1 aromatic carbocycles. The molecular weight excluding hydrogens is 320 g/mol. The van der Waals surface area contributed by atoms with Gasteiger partial charge in [-0.3, -0.25) is 9.61 Å². The van der Waals surface area contributed by atoms with Crippen LogP contribution in [0.25, 0.3) is 0 Å². The molecule has 4 rings (SSSR count). The van der Waals surface area contributed by atoms with E-state index in [9.17, 15) is 13.2 Å². The summed E-state index contributed by atoms with van der Waals surface area (Å²) in [5, 5.41) is 1.72. The number of ether oxygens (including phenoxy) is 1. The molecule has 8 heteroatoms. The van der Waals surface area contributed by atoms with Gasteiger partial charge in [0.1, 0.15) is 6.61 Å². The van der Waals surface area contributed by atoms with Crippen LogP contribution in [-0.4, -0.2) is 38.2 Å². The third-order valence-corrected chi connectivity index (χ3v) is 5.59. The van der Waals surface area contributed by atoms with Crippen LogP contribution in [-0.2, 0) is 25.6 Å². The summed E-state index contributed by atoms with van der Waals surface area (Å²) in [7, 11) is -3.84. The van der Waals surface area contributed by atoms with Crippen LogP contribution >= 0.6 is 0 Å². The number of hydrogen-bond acceptors (Lipinski definition) is 6. The Kier molecular flexibility index (Phi) is 4.56. The normalized spacial score (nSPS) is 28.5. The lowest BCUT2D eigenvalue weighted by Crippen LogP contribution is -2.55. The lowest BCUT2D eigenvalue weighted by atomic mass is 10.0. The van der Waals surface area contributed by atoms with Crippen LogP contribution in [0.3, 0.4) is 0 Å². The van der Waals surface area contributed by atoms with Crippen LogP contribution in [0.5, 0.6) is 0 Å². The molecule has 7 nitrogen and oxygen atoms in total. The van der Waals surface area contributed by atoms with E-state index < -0.39 is 22.3 Å². The molecule has 3 aliphatic heterocycles. The fourth-order valence-electron chi connectivity index (χ4n) is 2.95. The standard InChI is InChI=1S/C15H20N2O5S/c1-11-14-4-2-3-9-17(14)16-15(18)21-10-12-5-7-13(8-6-12)23(19,20)22-11/h5-8,11,14H,2-4,9-10H2,1H3,(H,16,18). The smallest absolute Gasteiger partial charge is 0.422 e. The Hall–Kier alpha value is -1.64. The summed E-state index contributed by atoms with van der Waals surface area (Å²) in [6.45, 7) is 2.43. The number of rotatable bonds is 0. The number of carbonyl (C=O) groups is 1. The lowest BCUT2D eigenvalue weighted by molar-refractivity contribution is 0.0129. The summed E-state index contributed by atoms with van der Waals surface area (Å²) in [5.74, 6) is 0. The number of piperidine rings is 1. The molecule has 0 radical (unpaired) electrons. The Bertz CT molecular complexity index is 674. The van der Waals surface area contributed by atoms with Gasteiger partial charge in [0.15, 0.2) is 0 Å². The van der Waals surface area contributed by atoms with E-state index in [1.807, 2.05) is 0 Å². The highest BCUT2D eigenvalue weighted by atomic mass is 32.2. The van der Waals surface area contributed by atoms with Crippen molar-refractivity contribution < 1.29 is 22.1 Å². The molecule has 0 saturated carbocycles. The number of benzene rings is 1. The summed E-state index contributed by atoms with van der Waals surface area (Å²) >= 11 is 0. The minimum absolute atomic E-state index is 0.0844. The maximum absolute atomic E-state index is 12.4. The van der Waals surface area contributed by atoms with E-state index in [2.05, 4.69) is 5.43 Å². The Morgan fingerprint density at radius 2 is 1.96 bits per heavy atom. The lowest BCUT2D eigenvalue weighted by Gasteiger charge is -2.37. The van der Waals surface area contributed by atoms with E-state index in [1.54, 1.807) is 24.1 Å². The van der Waals surface area contributed by atoms with Crippen molar-refractivity contribution in [1.82, 2.24) is 10.4 Å². The third kappa shape index (κ3) is 3.65. The molecule has 0 spiro atoms. The quantitative estimate of drug-likeness (QED) is 0.725. The topological polar surface area (TPSA) is 84.9 Å². The van der Waals surface area contributed by atoms with Crippen LogP contribution in [0.4, 0.5) is 4.79 Å². The van der Waals surface area contributed by atoms with Crippen molar-refractivity contribution in [3.63, 3.8) is 0 Å². The van der Waals surface area contributed by atoms with Crippen molar-refractivity contribution in [1.29, 1.82) is 0 Å². The summed E-state index contributed by atoms with van der Waals surface area (Å²) in [6.07, 6.45) is 1.50. The van der Waals surface area contributed by atoms with Gasteiger partial charge in [0, 0.05) is 6.54 Å². The Morgan fingerprint density at radius 3 is 2.70 bits per heavy atom. The van der Waals surface area contributed by atoms with Gasteiger partial charge in [0.25, 0.3) is 10.1 Å². The number of fused-ring (bicyclic) bond motifs is 7. The summed E-state index contributed by atoms with van der Waals surface area (Å²) < 4.78 is 35.4. The summed E-state index contributed by atoms with van der Waals surface area (Å²) in [6, 6.07) is 5.94. The molecule has 2 atom stereocenters. The van der Waals surface area contributed by atoms with Crippen molar-refractivity contribution in [2.45, 2.75) is 49.8 Å². The zero-order valence-electron chi connectivity index (χ0n) is 12.9. The predicted octanol–water partition coefficient (Wildman–Crippen LogP) is 1.79. The van der Waals surface area contributed by atoms with Gasteiger partial charge in [0.05, 0.1) is 17.0 Å². The minimum Gasteiger partial charge on any atom is -0.444 e. The number of nitrogens with zero attached hydrogens (tertiary/aromatic N) is 1. The van der Waals surface area contributed by atoms with E-state index in [1.165, 1.54) is 12.1 Å². The molecule has 2 unspecified atom stereocenters. The molecule has 2 bridgehead atoms. The van der Waals surface area contributed by atoms with Gasteiger partial charge in [-0.2, -0.15) is 8.42 Å². The molecule has 23 heavy (non-hydrogen) atoms. The van der Waals surface area contributed by atoms with E-state index in [4.69, 9.17) is 8.92 Å². The van der Waals surface area contributed by atoms with Crippen LogP contribution in [0.15, 0.2) is 29.2 Å². The molecule has 1 N–H and O–H groups in total. The van der Waals surface area contributed by atoms with Crippen molar-refractivity contribution in [3.8, 4) is 0 Å². The van der Waals surface area contributed by atoms with E-state index >= 15 is 0 Å². The Labute approximate surface area is 135 Å². The molecule has 1 amide bonds. The fourth-order valence-corrected chi connectivity index (χ4v) is 4.06. The fraction of sp³-hybridized carbons (Fsp3) is 0.533. The first-order valence-electron chi connectivity index (χ1n) is 7.68. The van der Waals surface area contributed by atoms with Crippen LogP contribution in [0.1, 0.15) is 31.7 Å². The largest absolute Gasteiger partial charge is 0.444 e. The number of nitrogens with one attached hydrogen (secondary N) is 1. The number of amides is 1. The monoisotopic (exact) mass is 340 g/mol. The number of hydrazine groups is 1. The molecule has 1 aromatic rings. The SMILES string of the molecule is CC1OS(=O)(=O)c2ccc(cc2)COC(=O)NN2CCCCC12. The maximum atomic E-state index is 12.4. The maximum Gasteiger partial charge on any atom is 0.422 e. The van der Waals surface area contributed by atoms with Gasteiger partial charge in [-0.05, 0) is 37.5 Å².